The number of rotatable bonds is 6. The van der Waals surface area contributed by atoms with Crippen molar-refractivity contribution in [1.29, 1.82) is 0 Å². The molecule has 0 aliphatic heterocycles. The van der Waals surface area contributed by atoms with Crippen LogP contribution in [-0.2, 0) is 15.7 Å². The highest BCUT2D eigenvalue weighted by Gasteiger charge is 2.30. The predicted octanol–water partition coefficient (Wildman–Crippen LogP) is 5.79. The molecule has 0 spiro atoms. The highest BCUT2D eigenvalue weighted by atomic mass is 19.4. The van der Waals surface area contributed by atoms with Crippen molar-refractivity contribution in [3.05, 3.63) is 96.2 Å². The molecule has 1 heterocycles. The lowest BCUT2D eigenvalue weighted by molar-refractivity contribution is -0.137. The maximum Gasteiger partial charge on any atom is 0.416 e. The third-order valence-electron chi connectivity index (χ3n) is 4.88. The van der Waals surface area contributed by atoms with E-state index in [0.717, 1.165) is 22.9 Å². The smallest absolute Gasteiger partial charge is 0.416 e. The molecule has 0 aliphatic carbocycles. The Labute approximate surface area is 192 Å². The normalized spacial score (nSPS) is 11.1. The summed E-state index contributed by atoms with van der Waals surface area (Å²) in [4.78, 5) is 29.0. The molecule has 3 aromatic carbocycles. The molecule has 0 saturated heterocycles. The van der Waals surface area contributed by atoms with Gasteiger partial charge in [0.1, 0.15) is 11.4 Å². The molecule has 0 unspecified atom stereocenters. The Kier molecular flexibility index (Phi) is 6.44. The Bertz CT molecular complexity index is 1350. The molecule has 0 radical (unpaired) electrons. The summed E-state index contributed by atoms with van der Waals surface area (Å²) in [6.45, 7) is -0.556. The van der Waals surface area contributed by atoms with E-state index in [9.17, 15) is 22.8 Å². The van der Waals surface area contributed by atoms with Crippen LogP contribution in [-0.4, -0.2) is 23.5 Å². The number of aromatic nitrogens is 1. The van der Waals surface area contributed by atoms with E-state index >= 15 is 0 Å². The number of amides is 1. The zero-order valence-electron chi connectivity index (χ0n) is 17.6. The van der Waals surface area contributed by atoms with Gasteiger partial charge in [-0.1, -0.05) is 42.5 Å². The molecule has 0 atom stereocenters. The van der Waals surface area contributed by atoms with Crippen LogP contribution < -0.4 is 10.6 Å². The van der Waals surface area contributed by atoms with Crippen molar-refractivity contribution in [2.24, 2.45) is 0 Å². The molecule has 9 heteroatoms. The number of alkyl halides is 3. The van der Waals surface area contributed by atoms with Crippen LogP contribution in [0.2, 0.25) is 0 Å². The number of carbonyl (C=O) groups is 2. The van der Waals surface area contributed by atoms with Crippen molar-refractivity contribution in [1.82, 2.24) is 4.98 Å². The highest BCUT2D eigenvalue weighted by molar-refractivity contribution is 6.03. The van der Waals surface area contributed by atoms with Gasteiger partial charge in [0.2, 0.25) is 0 Å². The van der Waals surface area contributed by atoms with Crippen molar-refractivity contribution in [2.45, 2.75) is 6.18 Å². The summed E-state index contributed by atoms with van der Waals surface area (Å²) in [5, 5.41) is 7.19. The maximum absolute atomic E-state index is 13.0. The molecular formula is C25H18F3N3O3. The molecule has 0 bridgehead atoms. The van der Waals surface area contributed by atoms with Crippen LogP contribution in [0, 0.1) is 0 Å². The molecule has 1 amide bonds. The second-order valence-corrected chi connectivity index (χ2v) is 7.25. The summed E-state index contributed by atoms with van der Waals surface area (Å²) in [5.74, 6) is -1.39. The summed E-state index contributed by atoms with van der Waals surface area (Å²) < 4.78 is 44.1. The van der Waals surface area contributed by atoms with E-state index in [1.807, 2.05) is 30.3 Å². The number of pyridine rings is 1. The number of halogens is 3. The highest BCUT2D eigenvalue weighted by Crippen LogP contribution is 2.31. The predicted molar refractivity (Wildman–Crippen MR) is 122 cm³/mol. The molecule has 0 aliphatic rings. The molecule has 1 aromatic heterocycles. The first-order valence-corrected chi connectivity index (χ1v) is 10.2. The first-order valence-electron chi connectivity index (χ1n) is 10.2. The fourth-order valence-electron chi connectivity index (χ4n) is 3.31. The maximum atomic E-state index is 13.0. The minimum atomic E-state index is -4.51. The van der Waals surface area contributed by atoms with E-state index in [1.165, 1.54) is 30.5 Å². The van der Waals surface area contributed by atoms with E-state index in [-0.39, 0.29) is 17.1 Å². The summed E-state index contributed by atoms with van der Waals surface area (Å²) in [6.07, 6.45) is -3.14. The number of benzene rings is 3. The second kappa shape index (κ2) is 9.62. The number of esters is 1. The van der Waals surface area contributed by atoms with E-state index in [2.05, 4.69) is 15.6 Å². The van der Waals surface area contributed by atoms with Crippen LogP contribution >= 0.6 is 0 Å². The van der Waals surface area contributed by atoms with Crippen LogP contribution in [0.4, 0.5) is 30.4 Å². The van der Waals surface area contributed by atoms with Gasteiger partial charge in [-0.05, 0) is 41.8 Å². The number of ether oxygens (including phenoxy) is 1. The Balaban J connectivity index is 1.43. The first-order chi connectivity index (χ1) is 16.3. The topological polar surface area (TPSA) is 80.3 Å². The van der Waals surface area contributed by atoms with Gasteiger partial charge in [0.15, 0.2) is 6.61 Å². The number of nitrogens with zero attached hydrogens (tertiary/aromatic N) is 1. The van der Waals surface area contributed by atoms with Crippen LogP contribution in [0.3, 0.4) is 0 Å². The van der Waals surface area contributed by atoms with Gasteiger partial charge in [-0.15, -0.1) is 0 Å². The first kappa shape index (κ1) is 22.8. The largest absolute Gasteiger partial charge is 0.452 e. The third-order valence-corrected chi connectivity index (χ3v) is 4.88. The summed E-state index contributed by atoms with van der Waals surface area (Å²) in [5.41, 5.74) is -0.204. The number of anilines is 3. The number of hydrogen-bond acceptors (Lipinski definition) is 5. The van der Waals surface area contributed by atoms with Gasteiger partial charge in [-0.25, -0.2) is 9.78 Å². The van der Waals surface area contributed by atoms with Crippen LogP contribution in [0.15, 0.2) is 85.1 Å². The van der Waals surface area contributed by atoms with Crippen LogP contribution in [0.1, 0.15) is 15.9 Å². The zero-order valence-corrected chi connectivity index (χ0v) is 17.6. The Morgan fingerprint density at radius 2 is 1.68 bits per heavy atom. The molecule has 172 valence electrons. The lowest BCUT2D eigenvalue weighted by atomic mass is 10.1. The molecule has 2 N–H and O–H groups in total. The van der Waals surface area contributed by atoms with Gasteiger partial charge < -0.3 is 15.4 Å². The zero-order chi connectivity index (χ0) is 24.1. The summed E-state index contributed by atoms with van der Waals surface area (Å²) >= 11 is 0. The standard InChI is InChI=1S/C25H18F3N3O3/c26-25(27,28)17-8-4-9-18(14-17)30-23-20(11-5-13-29-23)24(33)34-15-22(32)31-21-12-3-7-16-6-1-2-10-19(16)21/h1-14H,15H2,(H,29,30)(H,31,32). The fraction of sp³-hybridized carbons (Fsp3) is 0.0800. The van der Waals surface area contributed by atoms with E-state index in [4.69, 9.17) is 4.74 Å². The number of carbonyl (C=O) groups excluding carboxylic acids is 2. The monoisotopic (exact) mass is 465 g/mol. The van der Waals surface area contributed by atoms with Gasteiger partial charge >= 0.3 is 12.1 Å². The minimum Gasteiger partial charge on any atom is -0.452 e. The number of nitrogens with one attached hydrogen (secondary N) is 2. The Morgan fingerprint density at radius 3 is 2.50 bits per heavy atom. The van der Waals surface area contributed by atoms with Crippen molar-refractivity contribution < 1.29 is 27.5 Å². The Hall–Kier alpha value is -4.40. The molecule has 4 aromatic rings. The van der Waals surface area contributed by atoms with Crippen molar-refractivity contribution in [3.8, 4) is 0 Å². The number of fused-ring (bicyclic) bond motifs is 1. The van der Waals surface area contributed by atoms with E-state index < -0.39 is 30.2 Å². The van der Waals surface area contributed by atoms with Gasteiger partial charge in [0, 0.05) is 23.0 Å². The van der Waals surface area contributed by atoms with Crippen molar-refractivity contribution in [2.75, 3.05) is 17.2 Å². The molecule has 4 rings (SSSR count). The van der Waals surface area contributed by atoms with E-state index in [1.54, 1.807) is 12.1 Å². The summed E-state index contributed by atoms with van der Waals surface area (Å²) in [7, 11) is 0. The average molecular weight is 465 g/mol. The second-order valence-electron chi connectivity index (χ2n) is 7.25. The van der Waals surface area contributed by atoms with Crippen LogP contribution in [0.25, 0.3) is 10.8 Å². The third kappa shape index (κ3) is 5.32. The van der Waals surface area contributed by atoms with Gasteiger partial charge in [-0.3, -0.25) is 4.79 Å². The molecule has 0 fully saturated rings. The minimum absolute atomic E-state index is 0.00119. The quantitative estimate of drug-likeness (QED) is 0.352. The number of hydrogen-bond donors (Lipinski definition) is 2. The lowest BCUT2D eigenvalue weighted by Gasteiger charge is -2.13. The lowest BCUT2D eigenvalue weighted by Crippen LogP contribution is -2.21. The fourth-order valence-corrected chi connectivity index (χ4v) is 3.31. The molecule has 6 nitrogen and oxygen atoms in total. The Morgan fingerprint density at radius 1 is 0.912 bits per heavy atom. The molecular weight excluding hydrogens is 447 g/mol. The summed E-state index contributed by atoms with van der Waals surface area (Å²) in [6, 6.07) is 20.3. The van der Waals surface area contributed by atoms with Crippen LogP contribution in [0.5, 0.6) is 0 Å². The average Bonchev–Trinajstić information content (AvgIpc) is 2.83. The molecule has 34 heavy (non-hydrogen) atoms. The van der Waals surface area contributed by atoms with E-state index in [0.29, 0.717) is 5.69 Å². The molecule has 0 saturated carbocycles. The van der Waals surface area contributed by atoms with Crippen molar-refractivity contribution in [3.63, 3.8) is 0 Å². The van der Waals surface area contributed by atoms with Gasteiger partial charge in [0.05, 0.1) is 5.56 Å². The van der Waals surface area contributed by atoms with Gasteiger partial charge in [-0.2, -0.15) is 13.2 Å². The van der Waals surface area contributed by atoms with Crippen molar-refractivity contribution >= 4 is 39.8 Å². The van der Waals surface area contributed by atoms with Gasteiger partial charge in [0.25, 0.3) is 5.91 Å². The SMILES string of the molecule is O=C(COC(=O)c1cccnc1Nc1cccc(C(F)(F)F)c1)Nc1cccc2ccccc12.